The summed E-state index contributed by atoms with van der Waals surface area (Å²) in [6, 6.07) is 10.5. The number of hydrogen-bond donors (Lipinski definition) is 6. The number of carbonyl (C=O) groups is 2. The Labute approximate surface area is 423 Å². The molecule has 0 spiro atoms. The first-order valence-corrected chi connectivity index (χ1v) is 23.6. The maximum Gasteiger partial charge on any atom is 0.407 e. The lowest BCUT2D eigenvalue weighted by Gasteiger charge is -2.39. The molecule has 1 aliphatic carbocycles. The van der Waals surface area contributed by atoms with E-state index in [0.717, 1.165) is 18.5 Å². The molecule has 1 amide bonds. The number of rotatable bonds is 13. The summed E-state index contributed by atoms with van der Waals surface area (Å²) < 4.78 is 7.44. The average molecular weight is 1020 g/mol. The Morgan fingerprint density at radius 3 is 2.14 bits per heavy atom. The smallest absolute Gasteiger partial charge is 0.407 e. The summed E-state index contributed by atoms with van der Waals surface area (Å²) in [5.41, 5.74) is 4.02. The van der Waals surface area contributed by atoms with E-state index < -0.39 is 18.2 Å². The van der Waals surface area contributed by atoms with Gasteiger partial charge in [-0.25, -0.2) is 19.6 Å². The van der Waals surface area contributed by atoms with Gasteiger partial charge in [0.2, 0.25) is 5.95 Å². The number of aromatic nitrogens is 8. The van der Waals surface area contributed by atoms with Crippen LogP contribution in [0.5, 0.6) is 0 Å². The second-order valence-electron chi connectivity index (χ2n) is 17.0. The fourth-order valence-corrected chi connectivity index (χ4v) is 8.72. The molecule has 9 rings (SSSR count). The number of piperidine rings is 1. The lowest BCUT2D eigenvalue weighted by Crippen LogP contribution is -2.54. The molecule has 1 saturated carbocycles. The summed E-state index contributed by atoms with van der Waals surface area (Å²) in [5, 5.41) is 54.6. The molecule has 26 heteroatoms. The third-order valence-corrected chi connectivity index (χ3v) is 13.0. The Kier molecular flexibility index (Phi) is 15.2. The predicted octanol–water partition coefficient (Wildman–Crippen LogP) is 6.29. The Hall–Kier alpha value is -8.26. The number of nitrogens with zero attached hydrogens (tertiary/aromatic N) is 15. The van der Waals surface area contributed by atoms with Gasteiger partial charge in [0, 0.05) is 57.5 Å². The van der Waals surface area contributed by atoms with Crippen molar-refractivity contribution < 1.29 is 19.4 Å². The van der Waals surface area contributed by atoms with Crippen LogP contribution in [0.3, 0.4) is 0 Å². The van der Waals surface area contributed by atoms with Gasteiger partial charge in [-0.05, 0) is 64.3 Å². The highest BCUT2D eigenvalue weighted by Crippen LogP contribution is 2.40. The van der Waals surface area contributed by atoms with Gasteiger partial charge in [0.25, 0.3) is 17.4 Å². The zero-order valence-corrected chi connectivity index (χ0v) is 41.0. The quantitative estimate of drug-likeness (QED) is 0.0694. The highest BCUT2D eigenvalue weighted by molar-refractivity contribution is 6.36. The number of aliphatic hydroxyl groups excluding tert-OH is 1. The fraction of sp³-hybridized carbons (Fsp3) is 0.391. The number of methoxy groups -OCH3 is 1. The van der Waals surface area contributed by atoms with Crippen LogP contribution < -0.4 is 36.4 Å². The van der Waals surface area contributed by atoms with Crippen LogP contribution in [0.25, 0.3) is 21.0 Å². The van der Waals surface area contributed by atoms with Crippen LogP contribution in [0.15, 0.2) is 36.7 Å². The Bertz CT molecular complexity index is 3210. The number of carbonyl (C=O) groups excluding carboxylic acids is 2. The van der Waals surface area contributed by atoms with Crippen molar-refractivity contribution in [3.05, 3.63) is 80.8 Å². The van der Waals surface area contributed by atoms with E-state index in [1.807, 2.05) is 18.7 Å². The summed E-state index contributed by atoms with van der Waals surface area (Å²) in [4.78, 5) is 54.1. The fourth-order valence-electron chi connectivity index (χ4n) is 8.17. The number of ether oxygens (including phenoxy) is 1. The normalized spacial score (nSPS) is 17.0. The molecule has 6 N–H and O–H groups in total. The summed E-state index contributed by atoms with van der Waals surface area (Å²) in [7, 11) is 1.26. The van der Waals surface area contributed by atoms with Crippen LogP contribution in [0.1, 0.15) is 51.3 Å². The van der Waals surface area contributed by atoms with Gasteiger partial charge in [0.15, 0.2) is 28.7 Å². The number of β-amino-alcohol motifs (C(OH)–C–C–N with tert-alkyl or cyclic N) is 1. The van der Waals surface area contributed by atoms with E-state index in [9.17, 15) is 25.2 Å². The molecule has 72 heavy (non-hydrogen) atoms. The van der Waals surface area contributed by atoms with Gasteiger partial charge in [-0.15, -0.1) is 9.61 Å². The lowest BCUT2D eigenvalue weighted by molar-refractivity contribution is -0.121. The highest BCUT2D eigenvalue weighted by atomic mass is 35.5. The molecule has 2 aliphatic heterocycles. The van der Waals surface area contributed by atoms with Crippen molar-refractivity contribution >= 4 is 104 Å². The molecule has 2 saturated heterocycles. The van der Waals surface area contributed by atoms with E-state index in [4.69, 9.17) is 36.3 Å². The number of aliphatic hydroxyl groups is 1. The largest absolute Gasteiger partial charge is 0.453 e. The first kappa shape index (κ1) is 50.1. The number of fused-ring (bicyclic) bond motifs is 2. The lowest BCUT2D eigenvalue weighted by atomic mass is 10.0. The maximum atomic E-state index is 11.8. The van der Waals surface area contributed by atoms with Crippen LogP contribution >= 0.6 is 23.2 Å². The molecular formula is C46H48Cl2N20O4. The van der Waals surface area contributed by atoms with Crippen LogP contribution in [-0.4, -0.2) is 138 Å². The average Bonchev–Trinajstić information content (AvgIpc) is 3.95. The molecule has 6 heterocycles. The van der Waals surface area contributed by atoms with E-state index in [-0.39, 0.29) is 47.8 Å². The number of Topliss-reactive ketones (excluding diaryl/α,β-unsaturated/α-hetero) is 1. The van der Waals surface area contributed by atoms with Gasteiger partial charge in [-0.2, -0.15) is 25.0 Å². The third-order valence-electron chi connectivity index (χ3n) is 12.2. The number of nitriles is 2. The maximum absolute atomic E-state index is 11.8. The van der Waals surface area contributed by atoms with Crippen molar-refractivity contribution in [1.29, 1.82) is 10.5 Å². The molecule has 24 nitrogen and oxygen atoms in total. The molecule has 0 bridgehead atoms. The van der Waals surface area contributed by atoms with Gasteiger partial charge in [-0.1, -0.05) is 34.9 Å². The number of piperazine rings is 1. The first-order chi connectivity index (χ1) is 34.7. The highest BCUT2D eigenvalue weighted by Gasteiger charge is 2.32. The van der Waals surface area contributed by atoms with Crippen LogP contribution in [0, 0.1) is 35.8 Å². The third kappa shape index (κ3) is 10.9. The van der Waals surface area contributed by atoms with E-state index in [1.165, 1.54) is 28.5 Å². The number of hydrogen-bond acceptors (Lipinski definition) is 19. The number of anilines is 8. The standard InChI is InChI=1S/C23H23ClN10O3.C23H25ClN10O/c1-37-23(36)30-15-4-5-33(11-18(15)35)17-7-12(8-25)6-16(19(17)24)29-22-31-20(28-13-2-3-13)21-27-10-14(9-26)34(21)32-22;1-6-27-21-22-28-13-19(26-5)34(22)31-23(30-21)29-17-11-16(25-4)12-18(20(17)24)33-9-7-32(8-10-33)14(2)15(3)35/h6-7,10,13,15,18,35H,2-5,11H2,1H3,(H,30,36)(H2,28,29,31,32);11-14H,6-10H2,1-3H3,(H2,27,29,30,31)/t15-,18-;14-/m00/s1. The molecule has 3 aliphatic rings. The zero-order chi connectivity index (χ0) is 51.2. The van der Waals surface area contributed by atoms with E-state index in [0.29, 0.717) is 107 Å². The van der Waals surface area contributed by atoms with E-state index >= 15 is 0 Å². The molecule has 3 atom stereocenters. The monoisotopic (exact) mass is 1010 g/mol. The molecule has 6 aromatic rings. The molecule has 0 radical (unpaired) electrons. The minimum Gasteiger partial charge on any atom is -0.453 e. The molecule has 370 valence electrons. The van der Waals surface area contributed by atoms with Gasteiger partial charge in [0.1, 0.15) is 11.9 Å². The number of alkyl carbamates (subject to hydrolysis) is 1. The molecule has 4 aromatic heterocycles. The summed E-state index contributed by atoms with van der Waals surface area (Å²) in [6.07, 6.45) is 3.86. The van der Waals surface area contributed by atoms with Crippen molar-refractivity contribution in [3.8, 4) is 12.1 Å². The van der Waals surface area contributed by atoms with Crippen molar-refractivity contribution in [3.63, 3.8) is 0 Å². The SMILES string of the molecule is COC(=O)N[C@H]1CCN(c2cc(C#N)cc(Nc3nc(NC4CC4)c4ncc(C#N)n4n3)c2Cl)C[C@@H]1O.[C-]#[N+]c1cc(Nc2nc(NCC)c3ncc([N+]#[C-])n3n2)c(Cl)c(N2CCN([C@@H](C)C(C)=O)CC2)c1. The summed E-state index contributed by atoms with van der Waals surface area (Å²) in [6.45, 7) is 24.5. The van der Waals surface area contributed by atoms with Gasteiger partial charge in [-0.3, -0.25) is 9.69 Å². The minimum atomic E-state index is -0.876. The Morgan fingerprint density at radius 1 is 0.875 bits per heavy atom. The van der Waals surface area contributed by atoms with Gasteiger partial charge in [0.05, 0.1) is 83.0 Å². The number of imidazole rings is 2. The molecule has 2 aromatic carbocycles. The van der Waals surface area contributed by atoms with E-state index in [1.54, 1.807) is 31.2 Å². The van der Waals surface area contributed by atoms with Crippen LogP contribution in [0.2, 0.25) is 10.0 Å². The Morgan fingerprint density at radius 2 is 1.53 bits per heavy atom. The second kappa shape index (κ2) is 21.8. The van der Waals surface area contributed by atoms with E-state index in [2.05, 4.69) is 93.1 Å². The summed E-state index contributed by atoms with van der Waals surface area (Å²) in [5.74, 6) is 1.74. The number of halogens is 2. The van der Waals surface area contributed by atoms with Crippen molar-refractivity contribution in [2.75, 3.05) is 84.0 Å². The topological polar surface area (TPSA) is 276 Å². The molecule has 3 fully saturated rings. The first-order valence-electron chi connectivity index (χ1n) is 22.8. The molecular weight excluding hydrogens is 968 g/mol. The van der Waals surface area contributed by atoms with Crippen molar-refractivity contribution in [2.24, 2.45) is 0 Å². The van der Waals surface area contributed by atoms with Gasteiger partial charge < -0.3 is 51.1 Å². The van der Waals surface area contributed by atoms with Crippen molar-refractivity contribution in [2.45, 2.75) is 64.3 Å². The van der Waals surface area contributed by atoms with Crippen LogP contribution in [0.4, 0.5) is 62.6 Å². The predicted molar refractivity (Wildman–Crippen MR) is 270 cm³/mol. The van der Waals surface area contributed by atoms with Crippen LogP contribution in [-0.2, 0) is 9.53 Å². The van der Waals surface area contributed by atoms with Gasteiger partial charge >= 0.3 is 6.09 Å². The Balaban J connectivity index is 0.000000193. The number of ketones is 1. The zero-order valence-electron chi connectivity index (χ0n) is 39.5. The second-order valence-corrected chi connectivity index (χ2v) is 17.7. The van der Waals surface area contributed by atoms with Crippen molar-refractivity contribution in [1.82, 2.24) is 49.4 Å². The number of benzene rings is 2. The number of amides is 1. The summed E-state index contributed by atoms with van der Waals surface area (Å²) >= 11 is 13.6. The number of nitrogens with one attached hydrogen (secondary N) is 5. The molecule has 0 unspecified atom stereocenters. The minimum absolute atomic E-state index is 0.124.